The molecule has 0 aliphatic heterocycles. The van der Waals surface area contributed by atoms with E-state index < -0.39 is 97.5 Å². The third kappa shape index (κ3) is 62.8. The van der Waals surface area contributed by atoms with E-state index in [1.165, 1.54) is 141 Å². The van der Waals surface area contributed by atoms with Gasteiger partial charge in [0.15, 0.2) is 12.2 Å². The number of ether oxygens (including phenoxy) is 4. The van der Waals surface area contributed by atoms with Gasteiger partial charge < -0.3 is 33.8 Å². The fourth-order valence-corrected chi connectivity index (χ4v) is 11.9. The van der Waals surface area contributed by atoms with E-state index in [-0.39, 0.29) is 25.7 Å². The zero-order valence-electron chi connectivity index (χ0n) is 57.2. The molecule has 17 nitrogen and oxygen atoms in total. The van der Waals surface area contributed by atoms with Gasteiger partial charge in [-0.1, -0.05) is 292 Å². The summed E-state index contributed by atoms with van der Waals surface area (Å²) < 4.78 is 68.1. The summed E-state index contributed by atoms with van der Waals surface area (Å²) >= 11 is 0. The fraction of sp³-hybridized carbons (Fsp3) is 0.942. The highest BCUT2D eigenvalue weighted by Crippen LogP contribution is 2.45. The molecule has 0 amide bonds. The van der Waals surface area contributed by atoms with E-state index in [2.05, 4.69) is 48.5 Å². The molecule has 5 atom stereocenters. The van der Waals surface area contributed by atoms with Crippen LogP contribution in [0.5, 0.6) is 0 Å². The van der Waals surface area contributed by atoms with E-state index in [4.69, 9.17) is 37.0 Å². The lowest BCUT2D eigenvalue weighted by Crippen LogP contribution is -2.30. The number of carbonyl (C=O) groups is 4. The minimum atomic E-state index is -4.95. The van der Waals surface area contributed by atoms with Crippen LogP contribution in [0, 0.1) is 17.8 Å². The van der Waals surface area contributed by atoms with Gasteiger partial charge in [0.1, 0.15) is 19.3 Å². The molecule has 2 unspecified atom stereocenters. The first-order chi connectivity index (χ1) is 42.2. The first kappa shape index (κ1) is 86.1. The zero-order chi connectivity index (χ0) is 65.2. The van der Waals surface area contributed by atoms with Crippen molar-refractivity contribution in [2.24, 2.45) is 17.8 Å². The molecule has 0 bridgehead atoms. The SMILES string of the molecule is CCCCCCCCCC(=O)OC[C@H](COP(=O)(O)OC[C@H](O)COP(=O)(O)OC[C@@H](COC(=O)CCCCCCCCCCCCC(C)C)OC(=O)CCCCCCCCCCCCCCCC(C)C)OC(=O)CCCCCCCCCCCC(C)C. The number of phosphoric acid groups is 2. The number of hydrogen-bond donors (Lipinski definition) is 3. The predicted molar refractivity (Wildman–Crippen MR) is 354 cm³/mol. The van der Waals surface area contributed by atoms with E-state index in [0.29, 0.717) is 25.7 Å². The summed E-state index contributed by atoms with van der Waals surface area (Å²) in [6.07, 6.45) is 43.2. The molecule has 0 fully saturated rings. The van der Waals surface area contributed by atoms with Gasteiger partial charge in [-0.15, -0.1) is 0 Å². The van der Waals surface area contributed by atoms with Crippen molar-refractivity contribution in [3.8, 4) is 0 Å². The molecule has 19 heteroatoms. The largest absolute Gasteiger partial charge is 0.472 e. The number of esters is 4. The average Bonchev–Trinajstić information content (AvgIpc) is 3.40. The second-order valence-electron chi connectivity index (χ2n) is 26.3. The summed E-state index contributed by atoms with van der Waals surface area (Å²) in [5.41, 5.74) is 0. The van der Waals surface area contributed by atoms with E-state index in [9.17, 15) is 43.2 Å². The summed E-state index contributed by atoms with van der Waals surface area (Å²) in [5, 5.41) is 10.6. The minimum Gasteiger partial charge on any atom is -0.462 e. The third-order valence-electron chi connectivity index (χ3n) is 15.9. The van der Waals surface area contributed by atoms with Gasteiger partial charge in [-0.2, -0.15) is 0 Å². The van der Waals surface area contributed by atoms with Crippen molar-refractivity contribution < 1.29 is 80.2 Å². The lowest BCUT2D eigenvalue weighted by Gasteiger charge is -2.21. The van der Waals surface area contributed by atoms with E-state index >= 15 is 0 Å². The molecule has 0 aliphatic carbocycles. The maximum atomic E-state index is 13.0. The summed E-state index contributed by atoms with van der Waals surface area (Å²) in [4.78, 5) is 72.4. The van der Waals surface area contributed by atoms with Crippen LogP contribution in [0.15, 0.2) is 0 Å². The second-order valence-corrected chi connectivity index (χ2v) is 29.3. The molecular formula is C69H134O17P2. The van der Waals surface area contributed by atoms with Crippen LogP contribution in [0.4, 0.5) is 0 Å². The summed E-state index contributed by atoms with van der Waals surface area (Å²) in [6, 6.07) is 0. The number of phosphoric ester groups is 2. The number of aliphatic hydroxyl groups is 1. The Morgan fingerprint density at radius 2 is 0.523 bits per heavy atom. The predicted octanol–water partition coefficient (Wildman–Crippen LogP) is 19.5. The molecule has 0 saturated heterocycles. The quantitative estimate of drug-likeness (QED) is 0.0222. The third-order valence-corrected chi connectivity index (χ3v) is 17.8. The van der Waals surface area contributed by atoms with Gasteiger partial charge in [-0.05, 0) is 43.4 Å². The molecule has 0 heterocycles. The molecule has 0 saturated carbocycles. The van der Waals surface area contributed by atoms with E-state index in [1.54, 1.807) is 0 Å². The lowest BCUT2D eigenvalue weighted by atomic mass is 10.0. The highest BCUT2D eigenvalue weighted by Gasteiger charge is 2.30. The highest BCUT2D eigenvalue weighted by molar-refractivity contribution is 7.47. The molecule has 0 aromatic heterocycles. The Hall–Kier alpha value is -1.94. The smallest absolute Gasteiger partial charge is 0.462 e. The number of rotatable bonds is 67. The first-order valence-electron chi connectivity index (χ1n) is 35.8. The van der Waals surface area contributed by atoms with Gasteiger partial charge in [0.25, 0.3) is 0 Å². The highest BCUT2D eigenvalue weighted by atomic mass is 31.2. The molecule has 0 radical (unpaired) electrons. The molecule has 0 aromatic carbocycles. The van der Waals surface area contributed by atoms with Crippen molar-refractivity contribution in [1.82, 2.24) is 0 Å². The first-order valence-corrected chi connectivity index (χ1v) is 38.8. The van der Waals surface area contributed by atoms with Crippen LogP contribution in [0.25, 0.3) is 0 Å². The number of aliphatic hydroxyl groups excluding tert-OH is 1. The number of carbonyl (C=O) groups excluding carboxylic acids is 4. The topological polar surface area (TPSA) is 237 Å². The Balaban J connectivity index is 5.22. The minimum absolute atomic E-state index is 0.105. The molecule has 3 N–H and O–H groups in total. The molecule has 0 rings (SSSR count). The normalized spacial score (nSPS) is 14.2. The maximum absolute atomic E-state index is 13.0. The molecular weight excluding hydrogens is 1160 g/mol. The monoisotopic (exact) mass is 1300 g/mol. The van der Waals surface area contributed by atoms with E-state index in [1.807, 2.05) is 0 Å². The summed E-state index contributed by atoms with van der Waals surface area (Å²) in [7, 11) is -9.89. The van der Waals surface area contributed by atoms with Crippen LogP contribution >= 0.6 is 15.6 Å². The number of hydrogen-bond acceptors (Lipinski definition) is 15. The molecule has 522 valence electrons. The van der Waals surface area contributed by atoms with Crippen LogP contribution in [0.2, 0.25) is 0 Å². The molecule has 0 aliphatic rings. The van der Waals surface area contributed by atoms with Crippen molar-refractivity contribution in [2.45, 2.75) is 362 Å². The van der Waals surface area contributed by atoms with Crippen molar-refractivity contribution in [1.29, 1.82) is 0 Å². The van der Waals surface area contributed by atoms with Gasteiger partial charge in [-0.3, -0.25) is 37.3 Å². The Kier molecular flexibility index (Phi) is 58.7. The summed E-state index contributed by atoms with van der Waals surface area (Å²) in [6.45, 7) is 11.8. The van der Waals surface area contributed by atoms with Gasteiger partial charge >= 0.3 is 39.5 Å². The van der Waals surface area contributed by atoms with Gasteiger partial charge in [0, 0.05) is 25.7 Å². The van der Waals surface area contributed by atoms with Crippen molar-refractivity contribution in [2.75, 3.05) is 39.6 Å². The van der Waals surface area contributed by atoms with Crippen molar-refractivity contribution >= 4 is 39.5 Å². The van der Waals surface area contributed by atoms with E-state index in [0.717, 1.165) is 120 Å². The lowest BCUT2D eigenvalue weighted by molar-refractivity contribution is -0.161. The van der Waals surface area contributed by atoms with Crippen LogP contribution in [0.3, 0.4) is 0 Å². The standard InChI is InChI=1S/C69H134O17P2/c1-8-9-10-11-26-36-43-50-66(71)79-56-64(85-69(74)53-46-39-32-25-19-22-29-35-42-49-62(6)7)58-83-87(75,76)81-54-63(70)55-82-88(77,78)84-59-65(57-80-67(72)51-44-37-30-23-18-17-21-28-34-41-48-61(4)5)86-68(73)52-45-38-31-24-16-14-12-13-15-20-27-33-40-47-60(2)3/h60-65,70H,8-59H2,1-7H3,(H,75,76)(H,77,78)/t63-,64+,65+/m0/s1. The Labute approximate surface area is 537 Å². The molecule has 0 aromatic rings. The van der Waals surface area contributed by atoms with Crippen molar-refractivity contribution in [3.63, 3.8) is 0 Å². The van der Waals surface area contributed by atoms with Crippen molar-refractivity contribution in [3.05, 3.63) is 0 Å². The number of unbranched alkanes of at least 4 members (excludes halogenated alkanes) is 35. The van der Waals surface area contributed by atoms with Crippen LogP contribution in [-0.2, 0) is 65.4 Å². The van der Waals surface area contributed by atoms with Crippen LogP contribution in [-0.4, -0.2) is 96.7 Å². The Morgan fingerprint density at radius 3 is 0.773 bits per heavy atom. The fourth-order valence-electron chi connectivity index (χ4n) is 10.4. The Bertz CT molecular complexity index is 1730. The summed E-state index contributed by atoms with van der Waals surface area (Å²) in [5.74, 6) is 0.150. The molecule has 0 spiro atoms. The van der Waals surface area contributed by atoms with Gasteiger partial charge in [0.2, 0.25) is 0 Å². The Morgan fingerprint density at radius 1 is 0.307 bits per heavy atom. The molecule has 88 heavy (non-hydrogen) atoms. The van der Waals surface area contributed by atoms with Crippen LogP contribution in [0.1, 0.15) is 344 Å². The second kappa shape index (κ2) is 60.0. The van der Waals surface area contributed by atoms with Crippen LogP contribution < -0.4 is 0 Å². The van der Waals surface area contributed by atoms with Gasteiger partial charge in [-0.25, -0.2) is 9.13 Å². The van der Waals surface area contributed by atoms with Gasteiger partial charge in [0.05, 0.1) is 26.4 Å². The average molecular weight is 1300 g/mol. The maximum Gasteiger partial charge on any atom is 0.472 e. The zero-order valence-corrected chi connectivity index (χ0v) is 59.0.